The lowest BCUT2D eigenvalue weighted by Crippen LogP contribution is -2.35. The van der Waals surface area contributed by atoms with Gasteiger partial charge in [0.05, 0.1) is 25.9 Å². The van der Waals surface area contributed by atoms with Crippen molar-refractivity contribution < 1.29 is 51.0 Å². The number of nitrogens with zero attached hydrogens (tertiary/aromatic N) is 6. The van der Waals surface area contributed by atoms with E-state index in [4.69, 9.17) is 33.3 Å². The largest absolute Gasteiger partial charge is 0.387 e. The number of hydrogen-bond donors (Lipinski definition) is 5. The van der Waals surface area contributed by atoms with E-state index >= 15 is 4.39 Å². The fourth-order valence-electron chi connectivity index (χ4n) is 5.38. The standard InChI is InChI=1S/C21H23FN8O11P2S2/c22-10-14-9(39-19(10)29-5-25-11-7(31)1-2-24-16(11)29)4-37-43(35,45)41-15-13(32)8(3-36-42(34,44)40-14)38-20(15)30-6-26-12-17(30)27-21(23)28-18(12)33/h2,5-6,8-10,13-15,19-20,32H,1,3-4H2,(H,34,44)(H,35,45)(H3,23,27,28,33)/t8-,9-,10+,13-,14-,15-,19-,20-,42-,43-/m1/s1. The third kappa shape index (κ3) is 5.61. The number of ether oxygens (including phenoxy) is 2. The van der Waals surface area contributed by atoms with Gasteiger partial charge in [0.2, 0.25) is 5.95 Å². The third-order valence-corrected chi connectivity index (χ3v) is 10.6. The number of thiol groups is 2. The van der Waals surface area contributed by atoms with Gasteiger partial charge in [0.1, 0.15) is 30.5 Å². The molecule has 10 atom stereocenters. The zero-order valence-electron chi connectivity index (χ0n) is 22.4. The van der Waals surface area contributed by atoms with Crippen LogP contribution in [0.25, 0.3) is 11.2 Å². The highest BCUT2D eigenvalue weighted by Gasteiger charge is 2.54. The van der Waals surface area contributed by atoms with Crippen molar-refractivity contribution in [3.05, 3.63) is 28.7 Å². The van der Waals surface area contributed by atoms with Gasteiger partial charge >= 0.3 is 13.6 Å². The van der Waals surface area contributed by atoms with Crippen molar-refractivity contribution >= 4 is 73.0 Å². The maximum atomic E-state index is 16.0. The summed E-state index contributed by atoms with van der Waals surface area (Å²) in [7, 11) is 0. The first-order valence-corrected chi connectivity index (χ1v) is 18.5. The highest BCUT2D eigenvalue weighted by atomic mass is 32.7. The second-order valence-electron chi connectivity index (χ2n) is 10.3. The second-order valence-corrected chi connectivity index (χ2v) is 16.0. The molecule has 0 aliphatic carbocycles. The molecule has 0 spiro atoms. The number of fused-ring (bicyclic) bond motifs is 5. The number of halogens is 1. The van der Waals surface area contributed by atoms with Gasteiger partial charge in [-0.25, -0.2) is 28.5 Å². The summed E-state index contributed by atoms with van der Waals surface area (Å²) in [5, 5.41) is 11.1. The van der Waals surface area contributed by atoms with Crippen molar-refractivity contribution in [3.8, 4) is 0 Å². The lowest BCUT2D eigenvalue weighted by atomic mass is 10.1. The van der Waals surface area contributed by atoms with Crippen LogP contribution < -0.4 is 11.3 Å². The first-order chi connectivity index (χ1) is 21.3. The zero-order chi connectivity index (χ0) is 31.8. The molecule has 45 heavy (non-hydrogen) atoms. The van der Waals surface area contributed by atoms with Gasteiger partial charge < -0.3 is 20.3 Å². The Balaban J connectivity index is 1.20. The number of alkyl halides is 1. The second kappa shape index (κ2) is 11.3. The number of ketones is 1. The summed E-state index contributed by atoms with van der Waals surface area (Å²) in [5.41, 5.74) is 4.87. The average Bonchev–Trinajstić information content (AvgIpc) is 3.72. The number of carbonyl (C=O) groups excluding carboxylic acids is 1. The smallest absolute Gasteiger partial charge is 0.386 e. The molecule has 3 fully saturated rings. The predicted molar refractivity (Wildman–Crippen MR) is 155 cm³/mol. The molecule has 0 unspecified atom stereocenters. The van der Waals surface area contributed by atoms with Crippen molar-refractivity contribution in [2.24, 2.45) is 4.99 Å². The van der Waals surface area contributed by atoms with Crippen LogP contribution in [0.2, 0.25) is 0 Å². The van der Waals surface area contributed by atoms with Gasteiger partial charge in [-0.3, -0.25) is 41.8 Å². The van der Waals surface area contributed by atoms with Gasteiger partial charge in [0.15, 0.2) is 47.1 Å². The predicted octanol–water partition coefficient (Wildman–Crippen LogP) is 1.27. The lowest BCUT2D eigenvalue weighted by Gasteiger charge is -2.26. The molecule has 7 heterocycles. The molecule has 24 heteroatoms. The summed E-state index contributed by atoms with van der Waals surface area (Å²) in [6.07, 6.45) is -8.75. The summed E-state index contributed by atoms with van der Waals surface area (Å²) < 4.78 is 78.8. The first-order valence-electron chi connectivity index (χ1n) is 13.1. The van der Waals surface area contributed by atoms with Crippen LogP contribution in [-0.4, -0.2) is 96.1 Å². The van der Waals surface area contributed by atoms with Crippen LogP contribution in [-0.2, 0) is 36.7 Å². The summed E-state index contributed by atoms with van der Waals surface area (Å²) in [4.78, 5) is 43.0. The average molecular weight is 709 g/mol. The zero-order valence-corrected chi connectivity index (χ0v) is 26.0. The maximum absolute atomic E-state index is 16.0. The number of imidazole rings is 2. The van der Waals surface area contributed by atoms with E-state index in [1.807, 2.05) is 0 Å². The quantitative estimate of drug-likeness (QED) is 0.186. The number of Topliss-reactive ketones (excluding diaryl/α,β-unsaturated/α-hetero) is 1. The van der Waals surface area contributed by atoms with Crippen molar-refractivity contribution in [1.29, 1.82) is 0 Å². The maximum Gasteiger partial charge on any atom is 0.386 e. The van der Waals surface area contributed by atoms with Gasteiger partial charge in [0.25, 0.3) is 5.56 Å². The van der Waals surface area contributed by atoms with Crippen LogP contribution in [0.4, 0.5) is 16.2 Å². The Bertz CT molecular complexity index is 1870. The Morgan fingerprint density at radius 2 is 1.67 bits per heavy atom. The number of anilines is 1. The molecule has 0 saturated carbocycles. The molecule has 0 amide bonds. The monoisotopic (exact) mass is 708 g/mol. The number of rotatable bonds is 2. The molecular weight excluding hydrogens is 685 g/mol. The van der Waals surface area contributed by atoms with Gasteiger partial charge in [-0.15, -0.1) is 0 Å². The summed E-state index contributed by atoms with van der Waals surface area (Å²) >= 11 is 8.01. The number of aromatic amines is 1. The van der Waals surface area contributed by atoms with Crippen LogP contribution in [0.5, 0.6) is 0 Å². The fraction of sp³-hybridized carbons (Fsp3) is 0.524. The van der Waals surface area contributed by atoms with Gasteiger partial charge in [-0.2, -0.15) is 4.98 Å². The number of aromatic nitrogens is 6. The van der Waals surface area contributed by atoms with E-state index in [0.717, 1.165) is 12.7 Å². The van der Waals surface area contributed by atoms with Gasteiger partial charge in [-0.1, -0.05) is 24.5 Å². The normalized spacial score (nSPS) is 38.8. The Labute approximate surface area is 261 Å². The summed E-state index contributed by atoms with van der Waals surface area (Å²) in [6, 6.07) is 0. The molecular formula is C21H23FN8O11P2S2. The molecule has 4 aliphatic rings. The summed E-state index contributed by atoms with van der Waals surface area (Å²) in [6.45, 7) is -10.2. The molecule has 3 aromatic rings. The molecule has 0 radical (unpaired) electrons. The number of nitrogens with two attached hydrogens (primary N) is 1. The van der Waals surface area contributed by atoms with E-state index in [1.165, 1.54) is 15.3 Å². The summed E-state index contributed by atoms with van der Waals surface area (Å²) in [5.74, 6) is -0.530. The number of hydrogen-bond acceptors (Lipinski definition) is 16. The van der Waals surface area contributed by atoms with E-state index in [0.29, 0.717) is 0 Å². The third-order valence-electron chi connectivity index (χ3n) is 7.41. The van der Waals surface area contributed by atoms with Crippen LogP contribution in [0.3, 0.4) is 0 Å². The number of H-pyrrole nitrogens is 1. The molecule has 19 nitrogen and oxygen atoms in total. The first kappa shape index (κ1) is 31.1. The van der Waals surface area contributed by atoms with Crippen LogP contribution in [0.15, 0.2) is 22.4 Å². The Morgan fingerprint density at radius 3 is 2.42 bits per heavy atom. The number of aliphatic imine (C=N–C) groups is 1. The number of aliphatic hydroxyl groups excluding tert-OH is 1. The van der Waals surface area contributed by atoms with E-state index in [2.05, 4.69) is 49.4 Å². The number of carbonyl (C=O) groups is 1. The van der Waals surface area contributed by atoms with E-state index in [-0.39, 0.29) is 40.8 Å². The topological polar surface area (TPSA) is 247 Å². The number of aliphatic hydroxyl groups is 1. The minimum atomic E-state index is -4.43. The van der Waals surface area contributed by atoms with Gasteiger partial charge in [-0.05, 0) is 0 Å². The van der Waals surface area contributed by atoms with E-state index in [9.17, 15) is 23.8 Å². The van der Waals surface area contributed by atoms with Crippen molar-refractivity contribution in [2.75, 3.05) is 18.9 Å². The highest BCUT2D eigenvalue weighted by molar-refractivity contribution is 8.44. The minimum Gasteiger partial charge on any atom is -0.387 e. The molecule has 242 valence electrons. The molecule has 2 bridgehead atoms. The van der Waals surface area contributed by atoms with Crippen LogP contribution in [0, 0.1) is 0 Å². The molecule has 7 rings (SSSR count). The number of nitrogens with one attached hydrogen (secondary N) is 1. The number of nitrogen functional groups attached to an aromatic ring is 1. The van der Waals surface area contributed by atoms with Crippen molar-refractivity contribution in [1.82, 2.24) is 29.1 Å². The van der Waals surface area contributed by atoms with Crippen LogP contribution in [0.1, 0.15) is 29.4 Å². The highest BCUT2D eigenvalue weighted by Crippen LogP contribution is 2.60. The van der Waals surface area contributed by atoms with E-state index < -0.39 is 81.5 Å². The molecule has 4 N–H and O–H groups in total. The van der Waals surface area contributed by atoms with Crippen molar-refractivity contribution in [3.63, 3.8) is 0 Å². The fourth-order valence-corrected chi connectivity index (χ4v) is 8.32. The molecule has 3 saturated heterocycles. The van der Waals surface area contributed by atoms with E-state index in [1.54, 1.807) is 0 Å². The molecule has 3 aromatic heterocycles. The lowest BCUT2D eigenvalue weighted by molar-refractivity contribution is -0.0570. The van der Waals surface area contributed by atoms with Gasteiger partial charge in [0, 0.05) is 12.6 Å². The van der Waals surface area contributed by atoms with Crippen molar-refractivity contribution in [2.45, 2.75) is 55.6 Å². The Kier molecular flexibility index (Phi) is 7.84. The minimum absolute atomic E-state index is 0.0146. The Hall–Kier alpha value is -2.49. The Morgan fingerprint density at radius 1 is 1.00 bits per heavy atom. The van der Waals surface area contributed by atoms with Crippen LogP contribution >= 0.6 is 38.1 Å². The molecule has 0 aromatic carbocycles. The SMILES string of the molecule is Nc1nc2c(ncn2[C@@H]2O[C@@H]3CO[P@@](=O)(S)O[C@H]4[C@H](F)[C@H](n5cnc6c5N=CCC6=O)O[C@@H]4CO[P@@](=O)(S)O[C@@H]2[C@@H]3O)c(=O)[nH]1. The molecule has 4 aliphatic heterocycles.